The Morgan fingerprint density at radius 3 is 2.32 bits per heavy atom. The molecule has 0 radical (unpaired) electrons. The van der Waals surface area contributed by atoms with Crippen LogP contribution in [0.4, 0.5) is 0 Å². The van der Waals surface area contributed by atoms with Crippen LogP contribution in [0, 0.1) is 5.92 Å². The van der Waals surface area contributed by atoms with Gasteiger partial charge in [-0.05, 0) is 19.9 Å². The molecule has 6 heteroatoms. The van der Waals surface area contributed by atoms with Crippen LogP contribution in [0.25, 0.3) is 0 Å². The van der Waals surface area contributed by atoms with Crippen molar-refractivity contribution in [1.29, 1.82) is 0 Å². The number of amides is 1. The molecule has 2 rings (SSSR count). The highest BCUT2D eigenvalue weighted by molar-refractivity contribution is 6.07. The number of carbonyl (C=O) groups excluding carboxylic acids is 3. The van der Waals surface area contributed by atoms with E-state index in [-0.39, 0.29) is 36.2 Å². The number of esters is 2. The zero-order valence-electron chi connectivity index (χ0n) is 10.8. The molecule has 2 aliphatic rings. The van der Waals surface area contributed by atoms with Crippen molar-refractivity contribution in [2.75, 3.05) is 13.2 Å². The lowest BCUT2D eigenvalue weighted by atomic mass is 9.71. The molecule has 1 heterocycles. The molecule has 0 bridgehead atoms. The zero-order valence-corrected chi connectivity index (χ0v) is 10.8. The molecule has 0 saturated heterocycles. The van der Waals surface area contributed by atoms with E-state index in [4.69, 9.17) is 9.47 Å². The summed E-state index contributed by atoms with van der Waals surface area (Å²) in [6.45, 7) is 3.81. The Kier molecular flexibility index (Phi) is 3.69. The summed E-state index contributed by atoms with van der Waals surface area (Å²) in [5.41, 5.74) is 0.476. The molecular formula is C13H15NO5. The van der Waals surface area contributed by atoms with Crippen LogP contribution in [-0.4, -0.2) is 37.1 Å². The number of fused-ring (bicyclic) bond motifs is 1. The Morgan fingerprint density at radius 1 is 1.16 bits per heavy atom. The van der Waals surface area contributed by atoms with E-state index in [9.17, 15) is 14.4 Å². The first-order chi connectivity index (χ1) is 9.10. The van der Waals surface area contributed by atoms with Gasteiger partial charge < -0.3 is 14.8 Å². The van der Waals surface area contributed by atoms with Gasteiger partial charge in [0.05, 0.1) is 30.4 Å². The average molecular weight is 265 g/mol. The van der Waals surface area contributed by atoms with Crippen LogP contribution < -0.4 is 5.32 Å². The highest BCUT2D eigenvalue weighted by Crippen LogP contribution is 2.39. The Balaban J connectivity index is 2.32. The second-order valence-corrected chi connectivity index (χ2v) is 4.14. The second kappa shape index (κ2) is 5.26. The summed E-state index contributed by atoms with van der Waals surface area (Å²) >= 11 is 0. The van der Waals surface area contributed by atoms with E-state index in [1.54, 1.807) is 19.9 Å². The first kappa shape index (κ1) is 13.3. The number of nitrogens with one attached hydrogen (secondary N) is 1. The summed E-state index contributed by atoms with van der Waals surface area (Å²) in [7, 11) is 0. The van der Waals surface area contributed by atoms with Crippen LogP contribution in [0.5, 0.6) is 0 Å². The summed E-state index contributed by atoms with van der Waals surface area (Å²) in [5.74, 6) is -1.71. The predicted molar refractivity (Wildman–Crippen MR) is 64.9 cm³/mol. The molecular weight excluding hydrogens is 250 g/mol. The van der Waals surface area contributed by atoms with E-state index in [1.807, 2.05) is 0 Å². The van der Waals surface area contributed by atoms with Crippen LogP contribution >= 0.6 is 0 Å². The standard InChI is InChI=1S/C13H15NO5/c1-3-18-12(16)9-7-5-6-8(15)14-11(7)10(9)13(17)19-4-2/h5-7,11H,3-4H2,1-2H3,(H,14,15)/t7-,11-/m0/s1. The lowest BCUT2D eigenvalue weighted by Gasteiger charge is -2.39. The monoisotopic (exact) mass is 265 g/mol. The minimum atomic E-state index is -0.581. The lowest BCUT2D eigenvalue weighted by molar-refractivity contribution is -0.144. The van der Waals surface area contributed by atoms with Gasteiger partial charge in [-0.2, -0.15) is 0 Å². The van der Waals surface area contributed by atoms with Gasteiger partial charge in [-0.1, -0.05) is 6.08 Å². The summed E-state index contributed by atoms with van der Waals surface area (Å²) in [4.78, 5) is 35.0. The zero-order chi connectivity index (χ0) is 14.0. The van der Waals surface area contributed by atoms with E-state index >= 15 is 0 Å². The topological polar surface area (TPSA) is 81.7 Å². The molecule has 0 unspecified atom stereocenters. The molecule has 6 nitrogen and oxygen atoms in total. The Morgan fingerprint density at radius 2 is 1.74 bits per heavy atom. The predicted octanol–water partition coefficient (Wildman–Crippen LogP) is 0.0936. The molecule has 0 saturated carbocycles. The van der Waals surface area contributed by atoms with Crippen LogP contribution in [0.3, 0.4) is 0 Å². The van der Waals surface area contributed by atoms with Gasteiger partial charge in [0.1, 0.15) is 0 Å². The molecule has 19 heavy (non-hydrogen) atoms. The van der Waals surface area contributed by atoms with Crippen molar-refractivity contribution in [2.24, 2.45) is 5.92 Å². The summed E-state index contributed by atoms with van der Waals surface area (Å²) in [6, 6.07) is -0.490. The number of hydrogen-bond donors (Lipinski definition) is 1. The smallest absolute Gasteiger partial charge is 0.336 e. The highest BCUT2D eigenvalue weighted by atomic mass is 16.5. The van der Waals surface area contributed by atoms with Crippen LogP contribution in [0.15, 0.2) is 23.3 Å². The van der Waals surface area contributed by atoms with Crippen molar-refractivity contribution < 1.29 is 23.9 Å². The fourth-order valence-electron chi connectivity index (χ4n) is 2.26. The Bertz CT molecular complexity index is 491. The number of carbonyl (C=O) groups is 3. The molecule has 1 aliphatic carbocycles. The third kappa shape index (κ3) is 2.25. The lowest BCUT2D eigenvalue weighted by Crippen LogP contribution is -2.54. The maximum absolute atomic E-state index is 11.8. The van der Waals surface area contributed by atoms with E-state index in [2.05, 4.69) is 5.32 Å². The number of rotatable bonds is 4. The van der Waals surface area contributed by atoms with Crippen molar-refractivity contribution in [3.05, 3.63) is 23.3 Å². The van der Waals surface area contributed by atoms with Gasteiger partial charge in [0.15, 0.2) is 0 Å². The number of ether oxygens (including phenoxy) is 2. The van der Waals surface area contributed by atoms with Crippen LogP contribution in [0.1, 0.15) is 13.8 Å². The second-order valence-electron chi connectivity index (χ2n) is 4.14. The molecule has 1 amide bonds. The molecule has 0 fully saturated rings. The largest absolute Gasteiger partial charge is 0.463 e. The van der Waals surface area contributed by atoms with Gasteiger partial charge in [-0.15, -0.1) is 0 Å². The van der Waals surface area contributed by atoms with E-state index in [0.29, 0.717) is 0 Å². The summed E-state index contributed by atoms with van der Waals surface area (Å²) in [5, 5.41) is 2.64. The molecule has 2 atom stereocenters. The maximum atomic E-state index is 11.8. The fourth-order valence-corrected chi connectivity index (χ4v) is 2.26. The minimum absolute atomic E-state index is 0.197. The van der Waals surface area contributed by atoms with Gasteiger partial charge in [0, 0.05) is 5.92 Å². The SMILES string of the molecule is CCOC(=O)C1=C(C(=O)OCC)[C@@H]2C=CC(=O)N[C@H]12. The molecule has 0 aromatic heterocycles. The van der Waals surface area contributed by atoms with Crippen LogP contribution in [0.2, 0.25) is 0 Å². The average Bonchev–Trinajstić information content (AvgIpc) is 2.33. The minimum Gasteiger partial charge on any atom is -0.463 e. The first-order valence-corrected chi connectivity index (χ1v) is 6.17. The normalized spacial score (nSPS) is 24.2. The Hall–Kier alpha value is -2.11. The molecule has 1 N–H and O–H groups in total. The van der Waals surface area contributed by atoms with E-state index < -0.39 is 18.0 Å². The van der Waals surface area contributed by atoms with Gasteiger partial charge in [-0.25, -0.2) is 9.59 Å². The van der Waals surface area contributed by atoms with Gasteiger partial charge in [-0.3, -0.25) is 4.79 Å². The van der Waals surface area contributed by atoms with Gasteiger partial charge in [0.2, 0.25) is 5.91 Å². The molecule has 0 spiro atoms. The van der Waals surface area contributed by atoms with E-state index in [1.165, 1.54) is 6.08 Å². The summed E-state index contributed by atoms with van der Waals surface area (Å²) < 4.78 is 9.84. The third-order valence-corrected chi connectivity index (χ3v) is 3.04. The van der Waals surface area contributed by atoms with Gasteiger partial charge >= 0.3 is 11.9 Å². The van der Waals surface area contributed by atoms with Crippen molar-refractivity contribution in [2.45, 2.75) is 19.9 Å². The van der Waals surface area contributed by atoms with Crippen molar-refractivity contribution in [3.63, 3.8) is 0 Å². The first-order valence-electron chi connectivity index (χ1n) is 6.17. The third-order valence-electron chi connectivity index (χ3n) is 3.04. The van der Waals surface area contributed by atoms with E-state index in [0.717, 1.165) is 0 Å². The van der Waals surface area contributed by atoms with Crippen molar-refractivity contribution in [3.8, 4) is 0 Å². The quantitative estimate of drug-likeness (QED) is 0.729. The van der Waals surface area contributed by atoms with Crippen molar-refractivity contribution >= 4 is 17.8 Å². The van der Waals surface area contributed by atoms with Gasteiger partial charge in [0.25, 0.3) is 0 Å². The molecule has 102 valence electrons. The fraction of sp³-hybridized carbons (Fsp3) is 0.462. The maximum Gasteiger partial charge on any atom is 0.336 e. The van der Waals surface area contributed by atoms with Crippen LogP contribution in [-0.2, 0) is 23.9 Å². The number of hydrogen-bond acceptors (Lipinski definition) is 5. The molecule has 1 aliphatic heterocycles. The highest BCUT2D eigenvalue weighted by Gasteiger charge is 2.49. The summed E-state index contributed by atoms with van der Waals surface area (Å²) in [6.07, 6.45) is 2.96. The Labute approximate surface area is 110 Å². The molecule has 0 aromatic carbocycles. The molecule has 0 aromatic rings. The van der Waals surface area contributed by atoms with Crippen molar-refractivity contribution in [1.82, 2.24) is 5.32 Å².